The summed E-state index contributed by atoms with van der Waals surface area (Å²) >= 11 is 0. The van der Waals surface area contributed by atoms with Gasteiger partial charge >= 0.3 is 0 Å². The summed E-state index contributed by atoms with van der Waals surface area (Å²) in [7, 11) is 0. The Morgan fingerprint density at radius 3 is 2.29 bits per heavy atom. The summed E-state index contributed by atoms with van der Waals surface area (Å²) in [6, 6.07) is 6.83. The van der Waals surface area contributed by atoms with E-state index < -0.39 is 0 Å². The predicted molar refractivity (Wildman–Crippen MR) is 79.2 cm³/mol. The van der Waals surface area contributed by atoms with Gasteiger partial charge in [-0.15, -0.1) is 0 Å². The topological polar surface area (TPSA) is 69.7 Å². The number of nitrogens with zero attached hydrogens (tertiary/aromatic N) is 2. The average molecular weight is 289 g/mol. The van der Waals surface area contributed by atoms with E-state index in [-0.39, 0.29) is 11.7 Å². The first-order valence-corrected chi connectivity index (χ1v) is 6.91. The number of ketones is 1. The van der Waals surface area contributed by atoms with E-state index in [0.29, 0.717) is 44.0 Å². The second-order valence-corrected chi connectivity index (χ2v) is 5.10. The molecule has 6 heteroatoms. The number of hydrogen-bond acceptors (Lipinski definition) is 4. The summed E-state index contributed by atoms with van der Waals surface area (Å²) < 4.78 is 0. The number of amides is 2. The highest BCUT2D eigenvalue weighted by molar-refractivity contribution is 5.96. The van der Waals surface area contributed by atoms with Gasteiger partial charge in [0.1, 0.15) is 0 Å². The van der Waals surface area contributed by atoms with E-state index in [1.54, 1.807) is 29.2 Å². The lowest BCUT2D eigenvalue weighted by Gasteiger charge is -2.31. The Labute approximate surface area is 123 Å². The zero-order chi connectivity index (χ0) is 15.2. The van der Waals surface area contributed by atoms with Crippen LogP contribution < -0.4 is 5.32 Å². The van der Waals surface area contributed by atoms with E-state index >= 15 is 0 Å². The molecule has 0 aromatic heterocycles. The van der Waals surface area contributed by atoms with Crippen LogP contribution in [-0.2, 0) is 9.59 Å². The fraction of sp³-hybridized carbons (Fsp3) is 0.400. The minimum absolute atomic E-state index is 0.000857. The summed E-state index contributed by atoms with van der Waals surface area (Å²) in [5, 5.41) is 2.81. The molecule has 0 bridgehead atoms. The zero-order valence-corrected chi connectivity index (χ0v) is 12.0. The van der Waals surface area contributed by atoms with E-state index in [1.807, 2.05) is 4.90 Å². The van der Waals surface area contributed by atoms with Crippen molar-refractivity contribution < 1.29 is 14.4 Å². The number of nitrogens with one attached hydrogen (secondary N) is 1. The number of carbonyl (C=O) groups is 3. The number of piperazine rings is 1. The van der Waals surface area contributed by atoms with E-state index in [2.05, 4.69) is 5.32 Å². The van der Waals surface area contributed by atoms with Crippen molar-refractivity contribution in [3.05, 3.63) is 29.8 Å². The number of rotatable bonds is 5. The zero-order valence-electron chi connectivity index (χ0n) is 12.0. The fourth-order valence-electron chi connectivity index (χ4n) is 2.22. The van der Waals surface area contributed by atoms with Crippen molar-refractivity contribution in [2.45, 2.75) is 6.92 Å². The van der Waals surface area contributed by atoms with Crippen LogP contribution in [0.5, 0.6) is 0 Å². The Hall–Kier alpha value is -2.21. The van der Waals surface area contributed by atoms with Gasteiger partial charge in [-0.3, -0.25) is 19.3 Å². The lowest BCUT2D eigenvalue weighted by atomic mass is 10.1. The molecule has 1 fully saturated rings. The number of anilines is 1. The second-order valence-electron chi connectivity index (χ2n) is 5.10. The predicted octanol–water partition coefficient (Wildman–Crippen LogP) is 0.602. The van der Waals surface area contributed by atoms with Crippen molar-refractivity contribution in [1.82, 2.24) is 9.80 Å². The van der Waals surface area contributed by atoms with Gasteiger partial charge in [-0.05, 0) is 31.2 Å². The second kappa shape index (κ2) is 6.99. The fourth-order valence-corrected chi connectivity index (χ4v) is 2.22. The maximum atomic E-state index is 11.9. The van der Waals surface area contributed by atoms with Crippen molar-refractivity contribution >= 4 is 23.8 Å². The monoisotopic (exact) mass is 289 g/mol. The molecule has 1 aromatic rings. The van der Waals surface area contributed by atoms with Crippen LogP contribution in [0.3, 0.4) is 0 Å². The molecule has 1 saturated heterocycles. The van der Waals surface area contributed by atoms with Gasteiger partial charge in [-0.1, -0.05) is 0 Å². The van der Waals surface area contributed by atoms with Crippen LogP contribution in [0.15, 0.2) is 24.3 Å². The highest BCUT2D eigenvalue weighted by atomic mass is 16.2. The normalized spacial score (nSPS) is 15.6. The molecule has 0 unspecified atom stereocenters. The van der Waals surface area contributed by atoms with Crippen LogP contribution in [0.2, 0.25) is 0 Å². The third-order valence-corrected chi connectivity index (χ3v) is 3.50. The molecular formula is C15H19N3O3. The van der Waals surface area contributed by atoms with E-state index in [1.165, 1.54) is 6.92 Å². The van der Waals surface area contributed by atoms with Gasteiger partial charge in [-0.2, -0.15) is 0 Å². The first kappa shape index (κ1) is 15.2. The number of Topliss-reactive ketones (excluding diaryl/α,β-unsaturated/α-hetero) is 1. The van der Waals surface area contributed by atoms with Crippen LogP contribution in [-0.4, -0.2) is 60.6 Å². The molecule has 2 amide bonds. The van der Waals surface area contributed by atoms with Crippen LogP contribution in [0.4, 0.5) is 5.69 Å². The molecule has 0 aliphatic carbocycles. The van der Waals surface area contributed by atoms with Crippen LogP contribution in [0, 0.1) is 0 Å². The van der Waals surface area contributed by atoms with Gasteiger partial charge in [0.2, 0.25) is 12.3 Å². The van der Waals surface area contributed by atoms with Crippen molar-refractivity contribution in [2.75, 3.05) is 38.0 Å². The van der Waals surface area contributed by atoms with Crippen LogP contribution in [0.25, 0.3) is 0 Å². The molecule has 0 atom stereocenters. The summed E-state index contributed by atoms with van der Waals surface area (Å²) in [5.74, 6) is -0.0916. The van der Waals surface area contributed by atoms with E-state index in [0.717, 1.165) is 6.41 Å². The molecule has 0 radical (unpaired) electrons. The summed E-state index contributed by atoms with van der Waals surface area (Å²) in [5.41, 5.74) is 1.30. The molecular weight excluding hydrogens is 270 g/mol. The number of benzene rings is 1. The Balaban J connectivity index is 1.82. The Morgan fingerprint density at radius 2 is 1.76 bits per heavy atom. The summed E-state index contributed by atoms with van der Waals surface area (Å²) in [6.45, 7) is 4.53. The molecule has 112 valence electrons. The van der Waals surface area contributed by atoms with E-state index in [4.69, 9.17) is 0 Å². The molecule has 1 aromatic carbocycles. The Bertz CT molecular complexity index is 519. The minimum Gasteiger partial charge on any atom is -0.343 e. The number of carbonyl (C=O) groups excluding carboxylic acids is 3. The molecule has 1 aliphatic heterocycles. The third kappa shape index (κ3) is 4.39. The Morgan fingerprint density at radius 1 is 1.14 bits per heavy atom. The first-order valence-electron chi connectivity index (χ1n) is 6.91. The van der Waals surface area contributed by atoms with Crippen LogP contribution in [0.1, 0.15) is 17.3 Å². The molecule has 2 rings (SSSR count). The highest BCUT2D eigenvalue weighted by Gasteiger charge is 2.17. The van der Waals surface area contributed by atoms with Gasteiger partial charge < -0.3 is 10.2 Å². The molecule has 0 saturated carbocycles. The SMILES string of the molecule is CC(=O)c1ccc(NC(=O)CN2CCN(C=O)CC2)cc1. The van der Waals surface area contributed by atoms with Gasteiger partial charge in [-0.25, -0.2) is 0 Å². The lowest BCUT2D eigenvalue weighted by molar-refractivity contribution is -0.120. The minimum atomic E-state index is -0.0925. The van der Waals surface area contributed by atoms with Crippen molar-refractivity contribution in [1.29, 1.82) is 0 Å². The Kier molecular flexibility index (Phi) is 5.05. The van der Waals surface area contributed by atoms with Gasteiger partial charge in [0.05, 0.1) is 6.54 Å². The summed E-state index contributed by atoms with van der Waals surface area (Å²) in [4.78, 5) is 37.4. The third-order valence-electron chi connectivity index (χ3n) is 3.50. The van der Waals surface area contributed by atoms with Crippen molar-refractivity contribution in [3.8, 4) is 0 Å². The molecule has 0 spiro atoms. The van der Waals surface area contributed by atoms with Gasteiger partial charge in [0.15, 0.2) is 5.78 Å². The van der Waals surface area contributed by atoms with Crippen LogP contribution >= 0.6 is 0 Å². The first-order chi connectivity index (χ1) is 10.1. The molecule has 1 heterocycles. The molecule has 1 N–H and O–H groups in total. The molecule has 1 aliphatic rings. The average Bonchev–Trinajstić information content (AvgIpc) is 2.48. The standard InChI is InChI=1S/C15H19N3O3/c1-12(20)13-2-4-14(5-3-13)16-15(21)10-17-6-8-18(11-19)9-7-17/h2-5,11H,6-10H2,1H3,(H,16,21). The highest BCUT2D eigenvalue weighted by Crippen LogP contribution is 2.10. The van der Waals surface area contributed by atoms with Crippen molar-refractivity contribution in [2.24, 2.45) is 0 Å². The van der Waals surface area contributed by atoms with Gasteiger partial charge in [0.25, 0.3) is 0 Å². The molecule has 21 heavy (non-hydrogen) atoms. The largest absolute Gasteiger partial charge is 0.343 e. The maximum Gasteiger partial charge on any atom is 0.238 e. The van der Waals surface area contributed by atoms with E-state index in [9.17, 15) is 14.4 Å². The van der Waals surface area contributed by atoms with Gasteiger partial charge in [0, 0.05) is 37.4 Å². The smallest absolute Gasteiger partial charge is 0.238 e. The number of hydrogen-bond donors (Lipinski definition) is 1. The lowest BCUT2D eigenvalue weighted by Crippen LogP contribution is -2.48. The van der Waals surface area contributed by atoms with Crippen molar-refractivity contribution in [3.63, 3.8) is 0 Å². The summed E-state index contributed by atoms with van der Waals surface area (Å²) in [6.07, 6.45) is 0.841. The quantitative estimate of drug-likeness (QED) is 0.636. The maximum absolute atomic E-state index is 11.9. The molecule has 6 nitrogen and oxygen atoms in total.